The van der Waals surface area contributed by atoms with E-state index in [-0.39, 0.29) is 0 Å². The fourth-order valence-corrected chi connectivity index (χ4v) is 2.87. The van der Waals surface area contributed by atoms with Gasteiger partial charge in [-0.1, -0.05) is 20.3 Å². The highest BCUT2D eigenvalue weighted by molar-refractivity contribution is 4.79. The van der Waals surface area contributed by atoms with Gasteiger partial charge in [0.15, 0.2) is 0 Å². The molecule has 0 radical (unpaired) electrons. The molecule has 0 saturated carbocycles. The van der Waals surface area contributed by atoms with Crippen molar-refractivity contribution < 1.29 is 0 Å². The second kappa shape index (κ2) is 7.34. The Bertz CT molecular complexity index is 208. The van der Waals surface area contributed by atoms with Crippen molar-refractivity contribution in [3.8, 4) is 0 Å². The summed E-state index contributed by atoms with van der Waals surface area (Å²) in [5.74, 6) is 1.63. The average molecular weight is 241 g/mol. The smallest absolute Gasteiger partial charge is 0.0217 e. The number of hydrogen-bond acceptors (Lipinski definition) is 3. The topological polar surface area (TPSA) is 18.5 Å². The molecule has 1 rings (SSSR count). The molecule has 0 aliphatic carbocycles. The summed E-state index contributed by atoms with van der Waals surface area (Å²) in [7, 11) is 6.59. The van der Waals surface area contributed by atoms with Crippen LogP contribution in [0.5, 0.6) is 0 Å². The Hall–Kier alpha value is -0.120. The SMILES string of the molecule is CCC(C)C(CN(C)CC1CCN(C)C1)NC. The zero-order valence-electron chi connectivity index (χ0n) is 12.4. The molecule has 1 aliphatic heterocycles. The van der Waals surface area contributed by atoms with Gasteiger partial charge in [0.05, 0.1) is 0 Å². The lowest BCUT2D eigenvalue weighted by molar-refractivity contribution is 0.222. The standard InChI is InChI=1S/C14H31N3/c1-6-12(2)14(15-3)11-17(5)10-13-7-8-16(4)9-13/h12-15H,6-11H2,1-5H3. The first-order valence-electron chi connectivity index (χ1n) is 7.11. The van der Waals surface area contributed by atoms with Crippen LogP contribution in [-0.4, -0.2) is 63.2 Å². The molecule has 0 bridgehead atoms. The minimum absolute atomic E-state index is 0.629. The Morgan fingerprint density at radius 2 is 2.18 bits per heavy atom. The van der Waals surface area contributed by atoms with E-state index < -0.39 is 0 Å². The van der Waals surface area contributed by atoms with Crippen LogP contribution in [0.25, 0.3) is 0 Å². The van der Waals surface area contributed by atoms with E-state index in [0.717, 1.165) is 11.8 Å². The van der Waals surface area contributed by atoms with Crippen molar-refractivity contribution in [2.24, 2.45) is 11.8 Å². The summed E-state index contributed by atoms with van der Waals surface area (Å²) in [6.07, 6.45) is 2.62. The summed E-state index contributed by atoms with van der Waals surface area (Å²) in [5.41, 5.74) is 0. The molecule has 0 spiro atoms. The average Bonchev–Trinajstić information content (AvgIpc) is 2.70. The van der Waals surface area contributed by atoms with Crippen molar-refractivity contribution in [3.63, 3.8) is 0 Å². The fraction of sp³-hybridized carbons (Fsp3) is 1.00. The molecule has 1 aliphatic rings. The van der Waals surface area contributed by atoms with Crippen LogP contribution < -0.4 is 5.32 Å². The lowest BCUT2D eigenvalue weighted by Crippen LogP contribution is -2.43. The maximum atomic E-state index is 3.47. The third kappa shape index (κ3) is 4.94. The molecule has 1 N–H and O–H groups in total. The zero-order chi connectivity index (χ0) is 12.8. The van der Waals surface area contributed by atoms with Gasteiger partial charge in [-0.3, -0.25) is 0 Å². The van der Waals surface area contributed by atoms with E-state index in [4.69, 9.17) is 0 Å². The molecule has 1 saturated heterocycles. The largest absolute Gasteiger partial charge is 0.315 e. The van der Waals surface area contributed by atoms with Gasteiger partial charge in [-0.2, -0.15) is 0 Å². The van der Waals surface area contributed by atoms with Crippen molar-refractivity contribution in [1.82, 2.24) is 15.1 Å². The highest BCUT2D eigenvalue weighted by atomic mass is 15.2. The van der Waals surface area contributed by atoms with Gasteiger partial charge in [0, 0.05) is 25.7 Å². The maximum absolute atomic E-state index is 3.47. The van der Waals surface area contributed by atoms with Crippen molar-refractivity contribution >= 4 is 0 Å². The second-order valence-corrected chi connectivity index (χ2v) is 5.92. The van der Waals surface area contributed by atoms with Gasteiger partial charge in [-0.25, -0.2) is 0 Å². The summed E-state index contributed by atoms with van der Waals surface area (Å²) in [4.78, 5) is 4.96. The van der Waals surface area contributed by atoms with E-state index in [0.29, 0.717) is 6.04 Å². The Morgan fingerprint density at radius 3 is 2.65 bits per heavy atom. The first-order chi connectivity index (χ1) is 8.06. The molecule has 3 unspecified atom stereocenters. The maximum Gasteiger partial charge on any atom is 0.0217 e. The van der Waals surface area contributed by atoms with E-state index >= 15 is 0 Å². The van der Waals surface area contributed by atoms with E-state index in [1.165, 1.54) is 39.0 Å². The van der Waals surface area contributed by atoms with Crippen molar-refractivity contribution in [1.29, 1.82) is 0 Å². The minimum atomic E-state index is 0.629. The lowest BCUT2D eigenvalue weighted by atomic mass is 9.98. The summed E-state index contributed by atoms with van der Waals surface area (Å²) in [6.45, 7) is 9.60. The number of likely N-dealkylation sites (tertiary alicyclic amines) is 1. The van der Waals surface area contributed by atoms with Gasteiger partial charge < -0.3 is 15.1 Å². The van der Waals surface area contributed by atoms with Crippen LogP contribution in [0.1, 0.15) is 26.7 Å². The minimum Gasteiger partial charge on any atom is -0.315 e. The number of rotatable bonds is 7. The summed E-state index contributed by atoms with van der Waals surface area (Å²) in [6, 6.07) is 0.629. The number of likely N-dealkylation sites (N-methyl/N-ethyl adjacent to an activating group) is 2. The molecule has 0 amide bonds. The normalized spacial score (nSPS) is 25.4. The summed E-state index contributed by atoms with van der Waals surface area (Å²) >= 11 is 0. The van der Waals surface area contributed by atoms with E-state index in [9.17, 15) is 0 Å². The third-order valence-electron chi connectivity index (χ3n) is 4.27. The van der Waals surface area contributed by atoms with Crippen LogP contribution in [0.3, 0.4) is 0 Å². The molecule has 3 atom stereocenters. The number of nitrogens with one attached hydrogen (secondary N) is 1. The quantitative estimate of drug-likeness (QED) is 0.729. The van der Waals surface area contributed by atoms with Gasteiger partial charge in [0.2, 0.25) is 0 Å². The van der Waals surface area contributed by atoms with Gasteiger partial charge >= 0.3 is 0 Å². The Kier molecular flexibility index (Phi) is 6.45. The van der Waals surface area contributed by atoms with Crippen LogP contribution >= 0.6 is 0 Å². The van der Waals surface area contributed by atoms with Gasteiger partial charge in [-0.05, 0) is 45.9 Å². The monoisotopic (exact) mass is 241 g/mol. The summed E-state index contributed by atoms with van der Waals surface area (Å²) in [5, 5.41) is 3.47. The second-order valence-electron chi connectivity index (χ2n) is 5.92. The molecular formula is C14H31N3. The molecule has 17 heavy (non-hydrogen) atoms. The van der Waals surface area contributed by atoms with Crippen LogP contribution in [0.4, 0.5) is 0 Å². The van der Waals surface area contributed by atoms with Gasteiger partial charge in [0.25, 0.3) is 0 Å². The van der Waals surface area contributed by atoms with Crippen LogP contribution in [0, 0.1) is 11.8 Å². The molecule has 3 nitrogen and oxygen atoms in total. The summed E-state index contributed by atoms with van der Waals surface area (Å²) < 4.78 is 0. The Morgan fingerprint density at radius 1 is 1.47 bits per heavy atom. The molecule has 0 aromatic carbocycles. The first kappa shape index (κ1) is 14.9. The van der Waals surface area contributed by atoms with Crippen LogP contribution in [0.2, 0.25) is 0 Å². The molecule has 102 valence electrons. The molecule has 0 aromatic rings. The van der Waals surface area contributed by atoms with Gasteiger partial charge in [0.1, 0.15) is 0 Å². The highest BCUT2D eigenvalue weighted by Gasteiger charge is 2.22. The molecule has 3 heteroatoms. The molecule has 1 heterocycles. The lowest BCUT2D eigenvalue weighted by Gasteiger charge is -2.29. The van der Waals surface area contributed by atoms with E-state index in [1.54, 1.807) is 0 Å². The number of hydrogen-bond donors (Lipinski definition) is 1. The van der Waals surface area contributed by atoms with Crippen LogP contribution in [-0.2, 0) is 0 Å². The number of nitrogens with zero attached hydrogens (tertiary/aromatic N) is 2. The molecular weight excluding hydrogens is 210 g/mol. The third-order valence-corrected chi connectivity index (χ3v) is 4.27. The van der Waals surface area contributed by atoms with Crippen molar-refractivity contribution in [2.75, 3.05) is 47.3 Å². The zero-order valence-corrected chi connectivity index (χ0v) is 12.4. The fourth-order valence-electron chi connectivity index (χ4n) is 2.87. The van der Waals surface area contributed by atoms with Crippen LogP contribution in [0.15, 0.2) is 0 Å². The predicted molar refractivity (Wildman–Crippen MR) is 75.4 cm³/mol. The van der Waals surface area contributed by atoms with Gasteiger partial charge in [-0.15, -0.1) is 0 Å². The highest BCUT2D eigenvalue weighted by Crippen LogP contribution is 2.16. The van der Waals surface area contributed by atoms with Crippen molar-refractivity contribution in [3.05, 3.63) is 0 Å². The van der Waals surface area contributed by atoms with E-state index in [2.05, 4.69) is 50.1 Å². The van der Waals surface area contributed by atoms with E-state index in [1.807, 2.05) is 0 Å². The predicted octanol–water partition coefficient (Wildman–Crippen LogP) is 1.50. The molecule has 0 aromatic heterocycles. The Labute approximate surface area is 108 Å². The Balaban J connectivity index is 2.29. The molecule has 1 fully saturated rings. The van der Waals surface area contributed by atoms with Crippen molar-refractivity contribution in [2.45, 2.75) is 32.7 Å². The first-order valence-corrected chi connectivity index (χ1v) is 7.11.